The molecular weight excluding hydrogens is 350 g/mol. The number of nitrogens with zero attached hydrogens (tertiary/aromatic N) is 1. The van der Waals surface area contributed by atoms with Crippen molar-refractivity contribution >= 4 is 33.6 Å². The number of anilines is 1. The first kappa shape index (κ1) is 15.7. The summed E-state index contributed by atoms with van der Waals surface area (Å²) in [4.78, 5) is 24.3. The Kier molecular flexibility index (Phi) is 4.76. The second-order valence-electron chi connectivity index (χ2n) is 4.81. The van der Waals surface area contributed by atoms with Gasteiger partial charge in [-0.15, -0.1) is 0 Å². The Hall–Kier alpha value is -1.70. The number of rotatable bonds is 2. The van der Waals surface area contributed by atoms with Crippen LogP contribution in [0.4, 0.5) is 19.3 Å². The number of carboxylic acid groups (broad SMARTS) is 1. The zero-order valence-corrected chi connectivity index (χ0v) is 12.5. The van der Waals surface area contributed by atoms with Crippen molar-refractivity contribution in [2.45, 2.75) is 12.8 Å². The van der Waals surface area contributed by atoms with Crippen LogP contribution in [0.2, 0.25) is 0 Å². The summed E-state index contributed by atoms with van der Waals surface area (Å²) in [6.45, 7) is 0.500. The van der Waals surface area contributed by atoms with Crippen LogP contribution >= 0.6 is 15.9 Å². The van der Waals surface area contributed by atoms with E-state index < -0.39 is 29.6 Å². The second-order valence-corrected chi connectivity index (χ2v) is 5.60. The molecule has 2 rings (SSSR count). The maximum absolute atomic E-state index is 13.4. The Morgan fingerprint density at radius 2 is 1.95 bits per heavy atom. The molecule has 0 spiro atoms. The highest BCUT2D eigenvalue weighted by Gasteiger charge is 2.28. The van der Waals surface area contributed by atoms with Crippen LogP contribution < -0.4 is 5.32 Å². The minimum Gasteiger partial charge on any atom is -0.481 e. The highest BCUT2D eigenvalue weighted by Crippen LogP contribution is 2.24. The molecule has 1 aliphatic rings. The van der Waals surface area contributed by atoms with Gasteiger partial charge < -0.3 is 15.3 Å². The van der Waals surface area contributed by atoms with Crippen molar-refractivity contribution in [2.75, 3.05) is 18.4 Å². The number of hydrogen-bond donors (Lipinski definition) is 2. The number of amides is 2. The Morgan fingerprint density at radius 1 is 1.33 bits per heavy atom. The predicted molar refractivity (Wildman–Crippen MR) is 75.0 cm³/mol. The number of benzene rings is 1. The Balaban J connectivity index is 2.06. The molecule has 0 aliphatic carbocycles. The lowest BCUT2D eigenvalue weighted by Crippen LogP contribution is -2.44. The summed E-state index contributed by atoms with van der Waals surface area (Å²) in [7, 11) is 0. The van der Waals surface area contributed by atoms with Gasteiger partial charge in [0.25, 0.3) is 0 Å². The van der Waals surface area contributed by atoms with Gasteiger partial charge in [-0.3, -0.25) is 4.79 Å². The van der Waals surface area contributed by atoms with Crippen molar-refractivity contribution in [1.82, 2.24) is 4.90 Å². The number of halogens is 3. The predicted octanol–water partition coefficient (Wildman–Crippen LogP) is 3.06. The molecule has 1 saturated heterocycles. The molecule has 0 saturated carbocycles. The number of piperidine rings is 1. The smallest absolute Gasteiger partial charge is 0.321 e. The average molecular weight is 363 g/mol. The van der Waals surface area contributed by atoms with Crippen LogP contribution in [0.3, 0.4) is 0 Å². The highest BCUT2D eigenvalue weighted by molar-refractivity contribution is 9.10. The number of carbonyl (C=O) groups excluding carboxylic acids is 1. The van der Waals surface area contributed by atoms with Crippen molar-refractivity contribution < 1.29 is 23.5 Å². The summed E-state index contributed by atoms with van der Waals surface area (Å²) in [6, 6.07) is 1.41. The second kappa shape index (κ2) is 6.38. The van der Waals surface area contributed by atoms with Crippen LogP contribution in [0, 0.1) is 17.6 Å². The lowest BCUT2D eigenvalue weighted by molar-refractivity contribution is -0.143. The molecule has 1 atom stereocenters. The summed E-state index contributed by atoms with van der Waals surface area (Å²) in [5.41, 5.74) is -0.0179. The van der Waals surface area contributed by atoms with Gasteiger partial charge in [0, 0.05) is 18.8 Å². The summed E-state index contributed by atoms with van der Waals surface area (Å²) in [5.74, 6) is -3.21. The van der Waals surface area contributed by atoms with Gasteiger partial charge in [-0.25, -0.2) is 13.6 Å². The molecule has 8 heteroatoms. The molecule has 0 aromatic heterocycles. The third-order valence-electron chi connectivity index (χ3n) is 3.29. The van der Waals surface area contributed by atoms with Crippen LogP contribution in [-0.2, 0) is 4.79 Å². The van der Waals surface area contributed by atoms with E-state index in [1.54, 1.807) is 0 Å². The van der Waals surface area contributed by atoms with E-state index in [0.29, 0.717) is 19.4 Å². The van der Waals surface area contributed by atoms with Crippen LogP contribution in [0.15, 0.2) is 16.6 Å². The van der Waals surface area contributed by atoms with Crippen LogP contribution in [0.1, 0.15) is 12.8 Å². The van der Waals surface area contributed by atoms with Crippen molar-refractivity contribution in [2.24, 2.45) is 5.92 Å². The average Bonchev–Trinajstić information content (AvgIpc) is 2.44. The van der Waals surface area contributed by atoms with E-state index in [0.717, 1.165) is 12.1 Å². The fourth-order valence-electron chi connectivity index (χ4n) is 2.19. The summed E-state index contributed by atoms with van der Waals surface area (Å²) >= 11 is 2.74. The fourth-order valence-corrected chi connectivity index (χ4v) is 2.42. The Labute approximate surface area is 128 Å². The van der Waals surface area contributed by atoms with E-state index >= 15 is 0 Å². The first-order valence-electron chi connectivity index (χ1n) is 6.31. The van der Waals surface area contributed by atoms with E-state index in [9.17, 15) is 18.4 Å². The molecule has 1 aromatic carbocycles. The minimum absolute atomic E-state index is 0.0179. The van der Waals surface area contributed by atoms with E-state index in [4.69, 9.17) is 5.11 Å². The Bertz CT molecular complexity index is 560. The SMILES string of the molecule is O=C(O)C1CCCN(C(=O)Nc2cc(F)c(Br)c(F)c2)C1. The number of hydrogen-bond acceptors (Lipinski definition) is 2. The maximum Gasteiger partial charge on any atom is 0.321 e. The monoisotopic (exact) mass is 362 g/mol. The molecule has 2 amide bonds. The standard InChI is InChI=1S/C13H13BrF2N2O3/c14-11-9(15)4-8(5-10(11)16)17-13(21)18-3-1-2-7(6-18)12(19)20/h4-5,7H,1-3,6H2,(H,17,21)(H,19,20). The molecule has 114 valence electrons. The molecule has 21 heavy (non-hydrogen) atoms. The number of carboxylic acids is 1. The third-order valence-corrected chi connectivity index (χ3v) is 4.05. The molecule has 1 unspecified atom stereocenters. The van der Waals surface area contributed by atoms with Crippen molar-refractivity contribution in [3.8, 4) is 0 Å². The van der Waals surface area contributed by atoms with Gasteiger partial charge in [-0.2, -0.15) is 0 Å². The molecule has 0 bridgehead atoms. The van der Waals surface area contributed by atoms with Gasteiger partial charge in [-0.05, 0) is 40.9 Å². The van der Waals surface area contributed by atoms with Gasteiger partial charge >= 0.3 is 12.0 Å². The zero-order chi connectivity index (χ0) is 15.6. The van der Waals surface area contributed by atoms with Crippen molar-refractivity contribution in [3.63, 3.8) is 0 Å². The number of aliphatic carboxylic acids is 1. The number of urea groups is 1. The summed E-state index contributed by atoms with van der Waals surface area (Å²) in [5, 5.41) is 11.3. The number of carbonyl (C=O) groups is 2. The molecule has 5 nitrogen and oxygen atoms in total. The van der Waals surface area contributed by atoms with Crippen molar-refractivity contribution in [3.05, 3.63) is 28.2 Å². The van der Waals surface area contributed by atoms with E-state index in [1.165, 1.54) is 4.90 Å². The third kappa shape index (κ3) is 3.69. The van der Waals surface area contributed by atoms with Gasteiger partial charge in [0.05, 0.1) is 10.4 Å². The largest absolute Gasteiger partial charge is 0.481 e. The molecule has 0 radical (unpaired) electrons. The fraction of sp³-hybridized carbons (Fsp3) is 0.385. The molecule has 1 fully saturated rings. The minimum atomic E-state index is -0.951. The van der Waals surface area contributed by atoms with Gasteiger partial charge in [0.1, 0.15) is 11.6 Å². The molecule has 2 N–H and O–H groups in total. The quantitative estimate of drug-likeness (QED) is 0.794. The van der Waals surface area contributed by atoms with E-state index in [-0.39, 0.29) is 16.7 Å². The van der Waals surface area contributed by atoms with Gasteiger partial charge in [0.2, 0.25) is 0 Å². The first-order chi connectivity index (χ1) is 9.88. The molecule has 1 aliphatic heterocycles. The lowest BCUT2D eigenvalue weighted by Gasteiger charge is -2.30. The zero-order valence-electron chi connectivity index (χ0n) is 10.9. The molecule has 1 aromatic rings. The normalized spacial score (nSPS) is 18.4. The van der Waals surface area contributed by atoms with Crippen molar-refractivity contribution in [1.29, 1.82) is 0 Å². The first-order valence-corrected chi connectivity index (χ1v) is 7.11. The summed E-state index contributed by atoms with van der Waals surface area (Å²) in [6.07, 6.45) is 1.09. The molecular formula is C13H13BrF2N2O3. The lowest BCUT2D eigenvalue weighted by atomic mass is 9.99. The van der Waals surface area contributed by atoms with Crippen LogP contribution in [-0.4, -0.2) is 35.1 Å². The van der Waals surface area contributed by atoms with Crippen LogP contribution in [0.5, 0.6) is 0 Å². The number of likely N-dealkylation sites (tertiary alicyclic amines) is 1. The maximum atomic E-state index is 13.4. The molecule has 1 heterocycles. The topological polar surface area (TPSA) is 69.6 Å². The highest BCUT2D eigenvalue weighted by atomic mass is 79.9. The van der Waals surface area contributed by atoms with Crippen LogP contribution in [0.25, 0.3) is 0 Å². The van der Waals surface area contributed by atoms with Gasteiger partial charge in [-0.1, -0.05) is 0 Å². The Morgan fingerprint density at radius 3 is 2.52 bits per heavy atom. The van der Waals surface area contributed by atoms with E-state index in [2.05, 4.69) is 21.2 Å². The number of nitrogens with one attached hydrogen (secondary N) is 1. The summed E-state index contributed by atoms with van der Waals surface area (Å²) < 4.78 is 26.4. The van der Waals surface area contributed by atoms with E-state index in [1.807, 2.05) is 0 Å². The van der Waals surface area contributed by atoms with Gasteiger partial charge in [0.15, 0.2) is 0 Å².